The summed E-state index contributed by atoms with van der Waals surface area (Å²) in [5.74, 6) is -0.0736. The van der Waals surface area contributed by atoms with Crippen LogP contribution >= 0.6 is 0 Å². The Hall–Kier alpha value is -2.09. The van der Waals surface area contributed by atoms with Crippen molar-refractivity contribution >= 4 is 5.97 Å². The maximum atomic E-state index is 12.3. The number of ether oxygens (including phenoxy) is 1. The Kier molecular flexibility index (Phi) is 15.2. The molecule has 0 bridgehead atoms. The molecule has 0 atom stereocenters. The first-order valence-electron chi connectivity index (χ1n) is 14.4. The van der Waals surface area contributed by atoms with E-state index in [-0.39, 0.29) is 5.97 Å². The molecule has 0 fully saturated rings. The summed E-state index contributed by atoms with van der Waals surface area (Å²) < 4.78 is 5.64. The summed E-state index contributed by atoms with van der Waals surface area (Å²) in [6, 6.07) is 14.6. The van der Waals surface area contributed by atoms with Crippen LogP contribution in [0.1, 0.15) is 126 Å². The molecule has 0 heterocycles. The van der Waals surface area contributed by atoms with Crippen molar-refractivity contribution in [3.63, 3.8) is 0 Å². The van der Waals surface area contributed by atoms with Crippen molar-refractivity contribution in [2.24, 2.45) is 0 Å². The van der Waals surface area contributed by atoms with Crippen molar-refractivity contribution in [2.45, 2.75) is 130 Å². The lowest BCUT2D eigenvalue weighted by Crippen LogP contribution is -2.05. The maximum Gasteiger partial charge on any atom is 0.306 e. The monoisotopic (exact) mass is 478 g/mol. The van der Waals surface area contributed by atoms with Crippen LogP contribution in [0.5, 0.6) is 0 Å². The Morgan fingerprint density at radius 1 is 0.629 bits per heavy atom. The third kappa shape index (κ3) is 11.9. The topological polar surface area (TPSA) is 26.3 Å². The maximum absolute atomic E-state index is 12.3. The highest BCUT2D eigenvalue weighted by Crippen LogP contribution is 2.29. The first kappa shape index (κ1) is 29.1. The van der Waals surface area contributed by atoms with Gasteiger partial charge in [-0.2, -0.15) is 0 Å². The molecule has 0 spiro atoms. The second-order valence-electron chi connectivity index (χ2n) is 10.3. The van der Waals surface area contributed by atoms with Crippen molar-refractivity contribution in [3.8, 4) is 11.1 Å². The summed E-state index contributed by atoms with van der Waals surface area (Å²) in [7, 11) is 0. The Morgan fingerprint density at radius 2 is 1.14 bits per heavy atom. The fourth-order valence-corrected chi connectivity index (χ4v) is 4.82. The summed E-state index contributed by atoms with van der Waals surface area (Å²) in [5.41, 5.74) is 6.02. The van der Waals surface area contributed by atoms with Gasteiger partial charge in [-0.05, 0) is 48.1 Å². The van der Waals surface area contributed by atoms with E-state index in [1.54, 1.807) is 0 Å². The van der Waals surface area contributed by atoms with Crippen molar-refractivity contribution in [1.29, 1.82) is 0 Å². The summed E-state index contributed by atoms with van der Waals surface area (Å²) in [6.45, 7) is 6.92. The molecule has 0 aliphatic carbocycles. The molecular weight excluding hydrogens is 428 g/mol. The van der Waals surface area contributed by atoms with Gasteiger partial charge in [0.2, 0.25) is 0 Å². The molecule has 2 nitrogen and oxygen atoms in total. The first-order chi connectivity index (χ1) is 17.1. The number of esters is 1. The molecular formula is C33H50O2. The van der Waals surface area contributed by atoms with Gasteiger partial charge in [0.15, 0.2) is 0 Å². The minimum Gasteiger partial charge on any atom is -0.461 e. The summed E-state index contributed by atoms with van der Waals surface area (Å²) in [6.07, 6.45) is 20.5. The van der Waals surface area contributed by atoms with E-state index in [9.17, 15) is 4.79 Å². The smallest absolute Gasteiger partial charge is 0.306 e. The van der Waals surface area contributed by atoms with Crippen LogP contribution in [-0.4, -0.2) is 5.97 Å². The molecule has 0 saturated heterocycles. The van der Waals surface area contributed by atoms with E-state index in [0.717, 1.165) is 24.0 Å². The molecule has 2 heteroatoms. The highest BCUT2D eigenvalue weighted by atomic mass is 16.5. The molecule has 0 aromatic heterocycles. The first-order valence-corrected chi connectivity index (χ1v) is 14.4. The van der Waals surface area contributed by atoms with Crippen LogP contribution < -0.4 is 0 Å². The second-order valence-corrected chi connectivity index (χ2v) is 10.3. The van der Waals surface area contributed by atoms with E-state index in [2.05, 4.69) is 57.2 Å². The Balaban J connectivity index is 1.51. The molecule has 2 aromatic rings. The zero-order chi connectivity index (χ0) is 25.1. The lowest BCUT2D eigenvalue weighted by molar-refractivity contribution is -0.145. The van der Waals surface area contributed by atoms with Crippen molar-refractivity contribution in [3.05, 3.63) is 59.2 Å². The molecule has 2 aromatic carbocycles. The fourth-order valence-electron chi connectivity index (χ4n) is 4.82. The number of aryl methyl sites for hydroxylation is 1. The predicted molar refractivity (Wildman–Crippen MR) is 151 cm³/mol. The molecule has 0 radical (unpaired) electrons. The van der Waals surface area contributed by atoms with Gasteiger partial charge in [0.1, 0.15) is 6.61 Å². The third-order valence-electron chi connectivity index (χ3n) is 7.29. The van der Waals surface area contributed by atoms with Crippen LogP contribution in [-0.2, 0) is 16.1 Å². The van der Waals surface area contributed by atoms with E-state index in [0.29, 0.717) is 13.0 Å². The molecule has 0 N–H and O–H groups in total. The largest absolute Gasteiger partial charge is 0.461 e. The number of hydrogen-bond acceptors (Lipinski definition) is 2. The number of rotatable bonds is 19. The number of benzene rings is 2. The van der Waals surface area contributed by atoms with E-state index in [4.69, 9.17) is 4.74 Å². The van der Waals surface area contributed by atoms with Gasteiger partial charge in [0.25, 0.3) is 0 Å². The quantitative estimate of drug-likeness (QED) is 0.148. The van der Waals surface area contributed by atoms with Crippen molar-refractivity contribution in [2.75, 3.05) is 0 Å². The van der Waals surface area contributed by atoms with Crippen LogP contribution in [0.15, 0.2) is 42.5 Å². The molecule has 35 heavy (non-hydrogen) atoms. The van der Waals surface area contributed by atoms with E-state index in [1.807, 2.05) is 6.07 Å². The SMILES string of the molecule is CCCCCCCCCCCCCCCCCC(=O)OCc1ccccc1-c1cccc(C)c1C. The van der Waals surface area contributed by atoms with Gasteiger partial charge in [-0.15, -0.1) is 0 Å². The van der Waals surface area contributed by atoms with Crippen LogP contribution in [0.4, 0.5) is 0 Å². The predicted octanol–water partition coefficient (Wildman–Crippen LogP) is 10.3. The Morgan fingerprint density at radius 3 is 1.74 bits per heavy atom. The minimum atomic E-state index is -0.0736. The van der Waals surface area contributed by atoms with Gasteiger partial charge in [0, 0.05) is 6.42 Å². The Labute approximate surface area is 215 Å². The minimum absolute atomic E-state index is 0.0736. The Bertz CT molecular complexity index is 839. The van der Waals surface area contributed by atoms with Gasteiger partial charge < -0.3 is 4.74 Å². The van der Waals surface area contributed by atoms with Gasteiger partial charge in [-0.1, -0.05) is 139 Å². The fraction of sp³-hybridized carbons (Fsp3) is 0.606. The molecule has 0 unspecified atom stereocenters. The van der Waals surface area contributed by atoms with Crippen LogP contribution in [0.3, 0.4) is 0 Å². The summed E-state index contributed by atoms with van der Waals surface area (Å²) >= 11 is 0. The van der Waals surface area contributed by atoms with E-state index in [1.165, 1.54) is 100 Å². The highest BCUT2D eigenvalue weighted by Gasteiger charge is 2.10. The van der Waals surface area contributed by atoms with Gasteiger partial charge in [0.05, 0.1) is 0 Å². The van der Waals surface area contributed by atoms with Gasteiger partial charge in [-0.3, -0.25) is 4.79 Å². The second kappa shape index (κ2) is 18.2. The molecule has 194 valence electrons. The van der Waals surface area contributed by atoms with Gasteiger partial charge >= 0.3 is 5.97 Å². The average Bonchev–Trinajstić information content (AvgIpc) is 2.87. The number of carbonyl (C=O) groups excluding carboxylic acids is 1. The van der Waals surface area contributed by atoms with Crippen molar-refractivity contribution in [1.82, 2.24) is 0 Å². The van der Waals surface area contributed by atoms with Crippen molar-refractivity contribution < 1.29 is 9.53 Å². The zero-order valence-electron chi connectivity index (χ0n) is 22.9. The number of hydrogen-bond donors (Lipinski definition) is 0. The summed E-state index contributed by atoms with van der Waals surface area (Å²) in [5, 5.41) is 0. The zero-order valence-corrected chi connectivity index (χ0v) is 22.9. The van der Waals surface area contributed by atoms with Crippen LogP contribution in [0.2, 0.25) is 0 Å². The average molecular weight is 479 g/mol. The molecule has 0 amide bonds. The summed E-state index contributed by atoms with van der Waals surface area (Å²) in [4.78, 5) is 12.3. The normalized spacial score (nSPS) is 11.1. The number of carbonyl (C=O) groups is 1. The standard InChI is InChI=1S/C33H50O2/c1-4-5-6-7-8-9-10-11-12-13-14-15-16-17-18-26-33(34)35-27-30-23-19-20-24-32(30)31-25-21-22-28(2)29(31)3/h19-25H,4-18,26-27H2,1-3H3. The lowest BCUT2D eigenvalue weighted by Gasteiger charge is -2.14. The lowest BCUT2D eigenvalue weighted by atomic mass is 9.94. The molecule has 0 aliphatic rings. The van der Waals surface area contributed by atoms with Gasteiger partial charge in [-0.25, -0.2) is 0 Å². The highest BCUT2D eigenvalue weighted by molar-refractivity contribution is 5.73. The molecule has 0 aliphatic heterocycles. The van der Waals surface area contributed by atoms with Crippen LogP contribution in [0, 0.1) is 13.8 Å². The third-order valence-corrected chi connectivity index (χ3v) is 7.29. The molecule has 2 rings (SSSR count). The number of unbranched alkanes of at least 4 members (excludes halogenated alkanes) is 14. The van der Waals surface area contributed by atoms with E-state index >= 15 is 0 Å². The molecule has 0 saturated carbocycles. The van der Waals surface area contributed by atoms with E-state index < -0.39 is 0 Å². The van der Waals surface area contributed by atoms with Crippen LogP contribution in [0.25, 0.3) is 11.1 Å².